The molecule has 2 aromatic rings. The zero-order valence-electron chi connectivity index (χ0n) is 10.5. The maximum absolute atomic E-state index is 5.75. The SMILES string of the molecule is CC(C)(C)c1cncc(Oc2ccccc2)c1. The second-order valence-electron chi connectivity index (χ2n) is 5.07. The van der Waals surface area contributed by atoms with Gasteiger partial charge in [0.2, 0.25) is 0 Å². The van der Waals surface area contributed by atoms with Crippen molar-refractivity contribution in [3.63, 3.8) is 0 Å². The van der Waals surface area contributed by atoms with Gasteiger partial charge < -0.3 is 4.74 Å². The van der Waals surface area contributed by atoms with E-state index in [2.05, 4.69) is 25.8 Å². The summed E-state index contributed by atoms with van der Waals surface area (Å²) in [5, 5.41) is 0. The molecular weight excluding hydrogens is 210 g/mol. The Kier molecular flexibility index (Phi) is 3.14. The minimum Gasteiger partial charge on any atom is -0.456 e. The number of benzene rings is 1. The first kappa shape index (κ1) is 11.6. The predicted molar refractivity (Wildman–Crippen MR) is 69.5 cm³/mol. The summed E-state index contributed by atoms with van der Waals surface area (Å²) >= 11 is 0. The Morgan fingerprint density at radius 1 is 0.941 bits per heavy atom. The highest BCUT2D eigenvalue weighted by molar-refractivity contribution is 5.33. The number of rotatable bonds is 2. The number of nitrogens with zero attached hydrogens (tertiary/aromatic N) is 1. The monoisotopic (exact) mass is 227 g/mol. The van der Waals surface area contributed by atoms with E-state index in [1.54, 1.807) is 6.20 Å². The van der Waals surface area contributed by atoms with Crippen LogP contribution in [-0.4, -0.2) is 4.98 Å². The van der Waals surface area contributed by atoms with Crippen molar-refractivity contribution in [3.05, 3.63) is 54.4 Å². The predicted octanol–water partition coefficient (Wildman–Crippen LogP) is 4.17. The van der Waals surface area contributed by atoms with E-state index in [1.165, 1.54) is 5.56 Å². The van der Waals surface area contributed by atoms with Gasteiger partial charge in [0.1, 0.15) is 11.5 Å². The molecule has 0 amide bonds. The maximum Gasteiger partial charge on any atom is 0.145 e. The van der Waals surface area contributed by atoms with E-state index in [0.29, 0.717) is 0 Å². The Labute approximate surface area is 102 Å². The fraction of sp³-hybridized carbons (Fsp3) is 0.267. The molecule has 2 nitrogen and oxygen atoms in total. The van der Waals surface area contributed by atoms with Gasteiger partial charge in [-0.25, -0.2) is 0 Å². The fourth-order valence-corrected chi connectivity index (χ4v) is 1.51. The average Bonchev–Trinajstić information content (AvgIpc) is 2.29. The molecule has 0 N–H and O–H groups in total. The van der Waals surface area contributed by atoms with Crippen molar-refractivity contribution >= 4 is 0 Å². The molecular formula is C15H17NO. The third kappa shape index (κ3) is 3.06. The van der Waals surface area contributed by atoms with E-state index < -0.39 is 0 Å². The molecule has 0 saturated heterocycles. The summed E-state index contributed by atoms with van der Waals surface area (Å²) in [6.45, 7) is 6.49. The molecule has 0 aliphatic rings. The van der Waals surface area contributed by atoms with Crippen LogP contribution in [-0.2, 0) is 5.41 Å². The molecule has 0 unspecified atom stereocenters. The van der Waals surface area contributed by atoms with Crippen LogP contribution in [0.15, 0.2) is 48.8 Å². The maximum atomic E-state index is 5.75. The molecule has 0 bridgehead atoms. The van der Waals surface area contributed by atoms with Crippen LogP contribution in [0.2, 0.25) is 0 Å². The van der Waals surface area contributed by atoms with Crippen LogP contribution in [0.1, 0.15) is 26.3 Å². The van der Waals surface area contributed by atoms with Crippen LogP contribution < -0.4 is 4.74 Å². The molecule has 17 heavy (non-hydrogen) atoms. The molecule has 1 heterocycles. The van der Waals surface area contributed by atoms with Crippen molar-refractivity contribution in [3.8, 4) is 11.5 Å². The zero-order valence-corrected chi connectivity index (χ0v) is 10.5. The molecule has 0 atom stereocenters. The number of para-hydroxylation sites is 1. The van der Waals surface area contributed by atoms with Gasteiger partial charge in [-0.15, -0.1) is 0 Å². The number of hydrogen-bond acceptors (Lipinski definition) is 2. The molecule has 0 fully saturated rings. The third-order valence-corrected chi connectivity index (χ3v) is 2.56. The highest BCUT2D eigenvalue weighted by atomic mass is 16.5. The second-order valence-corrected chi connectivity index (χ2v) is 5.07. The van der Waals surface area contributed by atoms with Gasteiger partial charge in [0.05, 0.1) is 6.20 Å². The van der Waals surface area contributed by atoms with Gasteiger partial charge >= 0.3 is 0 Å². The van der Waals surface area contributed by atoms with Crippen LogP contribution in [0.3, 0.4) is 0 Å². The van der Waals surface area contributed by atoms with Crippen LogP contribution in [0.25, 0.3) is 0 Å². The summed E-state index contributed by atoms with van der Waals surface area (Å²) in [6.07, 6.45) is 3.63. The van der Waals surface area contributed by atoms with Crippen molar-refractivity contribution in [2.75, 3.05) is 0 Å². The minimum atomic E-state index is 0.0864. The Morgan fingerprint density at radius 3 is 2.29 bits per heavy atom. The summed E-state index contributed by atoms with van der Waals surface area (Å²) in [5.41, 5.74) is 1.26. The molecule has 1 aromatic carbocycles. The van der Waals surface area contributed by atoms with Crippen molar-refractivity contribution in [2.24, 2.45) is 0 Å². The quantitative estimate of drug-likeness (QED) is 0.768. The van der Waals surface area contributed by atoms with Crippen molar-refractivity contribution in [2.45, 2.75) is 26.2 Å². The van der Waals surface area contributed by atoms with Crippen molar-refractivity contribution in [1.29, 1.82) is 0 Å². The minimum absolute atomic E-state index is 0.0864. The molecule has 2 rings (SSSR count). The zero-order chi connectivity index (χ0) is 12.3. The van der Waals surface area contributed by atoms with Gasteiger partial charge in [0.25, 0.3) is 0 Å². The van der Waals surface area contributed by atoms with Gasteiger partial charge in [-0.1, -0.05) is 39.0 Å². The van der Waals surface area contributed by atoms with Crippen LogP contribution in [0, 0.1) is 0 Å². The molecule has 1 aromatic heterocycles. The topological polar surface area (TPSA) is 22.1 Å². The Balaban J connectivity index is 2.23. The van der Waals surface area contributed by atoms with Gasteiger partial charge in [0.15, 0.2) is 0 Å². The van der Waals surface area contributed by atoms with Gasteiger partial charge in [-0.3, -0.25) is 4.98 Å². The van der Waals surface area contributed by atoms with Gasteiger partial charge in [-0.05, 0) is 29.2 Å². The lowest BCUT2D eigenvalue weighted by molar-refractivity contribution is 0.475. The molecule has 0 aliphatic heterocycles. The van der Waals surface area contributed by atoms with Crippen molar-refractivity contribution in [1.82, 2.24) is 4.98 Å². The molecule has 0 saturated carbocycles. The summed E-state index contributed by atoms with van der Waals surface area (Å²) < 4.78 is 5.75. The molecule has 0 spiro atoms. The van der Waals surface area contributed by atoms with Gasteiger partial charge in [0, 0.05) is 6.20 Å². The number of hydrogen-bond donors (Lipinski definition) is 0. The van der Waals surface area contributed by atoms with E-state index in [4.69, 9.17) is 4.74 Å². The smallest absolute Gasteiger partial charge is 0.145 e. The summed E-state index contributed by atoms with van der Waals surface area (Å²) in [5.74, 6) is 1.61. The summed E-state index contributed by atoms with van der Waals surface area (Å²) in [4.78, 5) is 4.22. The van der Waals surface area contributed by atoms with Crippen LogP contribution in [0.5, 0.6) is 11.5 Å². The van der Waals surface area contributed by atoms with E-state index in [0.717, 1.165) is 11.5 Å². The fourth-order valence-electron chi connectivity index (χ4n) is 1.51. The Morgan fingerprint density at radius 2 is 1.65 bits per heavy atom. The number of ether oxygens (including phenoxy) is 1. The van der Waals surface area contributed by atoms with E-state index in [9.17, 15) is 0 Å². The first-order valence-electron chi connectivity index (χ1n) is 5.74. The molecule has 88 valence electrons. The average molecular weight is 227 g/mol. The molecule has 0 radical (unpaired) electrons. The van der Waals surface area contributed by atoms with Crippen molar-refractivity contribution < 1.29 is 4.74 Å². The normalized spacial score (nSPS) is 11.2. The summed E-state index contributed by atoms with van der Waals surface area (Å²) in [6, 6.07) is 11.8. The molecule has 2 heteroatoms. The lowest BCUT2D eigenvalue weighted by atomic mass is 9.88. The Hall–Kier alpha value is -1.83. The first-order chi connectivity index (χ1) is 8.05. The lowest BCUT2D eigenvalue weighted by Crippen LogP contribution is -2.11. The number of aromatic nitrogens is 1. The standard InChI is InChI=1S/C15H17NO/c1-15(2,3)12-9-14(11-16-10-12)17-13-7-5-4-6-8-13/h4-11H,1-3H3. The largest absolute Gasteiger partial charge is 0.456 e. The highest BCUT2D eigenvalue weighted by Crippen LogP contribution is 2.27. The third-order valence-electron chi connectivity index (χ3n) is 2.56. The Bertz CT molecular complexity index is 486. The van der Waals surface area contributed by atoms with E-state index in [1.807, 2.05) is 42.6 Å². The molecule has 0 aliphatic carbocycles. The van der Waals surface area contributed by atoms with Crippen LogP contribution in [0.4, 0.5) is 0 Å². The highest BCUT2D eigenvalue weighted by Gasteiger charge is 2.14. The van der Waals surface area contributed by atoms with Gasteiger partial charge in [-0.2, -0.15) is 0 Å². The first-order valence-corrected chi connectivity index (χ1v) is 5.74. The number of pyridine rings is 1. The van der Waals surface area contributed by atoms with E-state index >= 15 is 0 Å². The van der Waals surface area contributed by atoms with Crippen LogP contribution >= 0.6 is 0 Å². The lowest BCUT2D eigenvalue weighted by Gasteiger charge is -2.19. The van der Waals surface area contributed by atoms with E-state index in [-0.39, 0.29) is 5.41 Å². The summed E-state index contributed by atoms with van der Waals surface area (Å²) in [7, 11) is 0. The second kappa shape index (κ2) is 4.58.